The van der Waals surface area contributed by atoms with Crippen molar-refractivity contribution in [3.05, 3.63) is 66.0 Å². The number of hydrogen-bond acceptors (Lipinski definition) is 5. The van der Waals surface area contributed by atoms with Crippen molar-refractivity contribution in [1.82, 2.24) is 19.7 Å². The second-order valence-corrected chi connectivity index (χ2v) is 9.67. The molecule has 2 heterocycles. The highest BCUT2D eigenvalue weighted by molar-refractivity contribution is 7.99. The van der Waals surface area contributed by atoms with Crippen LogP contribution in [0.25, 0.3) is 5.69 Å². The molecule has 7 heteroatoms. The van der Waals surface area contributed by atoms with Crippen molar-refractivity contribution >= 4 is 17.7 Å². The van der Waals surface area contributed by atoms with Crippen LogP contribution in [0.5, 0.6) is 5.75 Å². The Bertz CT molecular complexity index is 1030. The van der Waals surface area contributed by atoms with Crippen LogP contribution in [0.1, 0.15) is 44.0 Å². The molecule has 0 spiro atoms. The Balaban J connectivity index is 1.42. The van der Waals surface area contributed by atoms with E-state index in [-0.39, 0.29) is 5.91 Å². The third-order valence-corrected chi connectivity index (χ3v) is 7.15. The number of carbonyl (C=O) groups is 1. The van der Waals surface area contributed by atoms with Gasteiger partial charge < -0.3 is 9.64 Å². The molecule has 1 aliphatic rings. The average Bonchev–Trinajstić information content (AvgIpc) is 3.25. The van der Waals surface area contributed by atoms with Gasteiger partial charge in [-0.05, 0) is 55.0 Å². The van der Waals surface area contributed by atoms with Crippen molar-refractivity contribution in [3.63, 3.8) is 0 Å². The molecule has 1 fully saturated rings. The minimum Gasteiger partial charge on any atom is -0.497 e. The van der Waals surface area contributed by atoms with Gasteiger partial charge >= 0.3 is 0 Å². The van der Waals surface area contributed by atoms with E-state index in [4.69, 9.17) is 4.74 Å². The summed E-state index contributed by atoms with van der Waals surface area (Å²) in [6, 6.07) is 18.3. The summed E-state index contributed by atoms with van der Waals surface area (Å²) in [7, 11) is 1.67. The lowest BCUT2D eigenvalue weighted by Crippen LogP contribution is -2.37. The highest BCUT2D eigenvalue weighted by Gasteiger charge is 2.20. The Kier molecular flexibility index (Phi) is 8.05. The lowest BCUT2D eigenvalue weighted by molar-refractivity contribution is -0.132. The third-order valence-electron chi connectivity index (χ3n) is 6.14. The predicted octanol–water partition coefficient (Wildman–Crippen LogP) is 5.00. The molecule has 1 aliphatic heterocycles. The first-order valence-corrected chi connectivity index (χ1v) is 12.7. The number of likely N-dealkylation sites (tertiary alicyclic amines) is 1. The molecule has 2 aromatic carbocycles. The van der Waals surface area contributed by atoms with E-state index < -0.39 is 0 Å². The highest BCUT2D eigenvalue weighted by atomic mass is 32.2. The quantitative estimate of drug-likeness (QED) is 0.330. The van der Waals surface area contributed by atoms with Gasteiger partial charge in [0.05, 0.1) is 7.11 Å². The maximum absolute atomic E-state index is 12.5. The summed E-state index contributed by atoms with van der Waals surface area (Å²) in [5.74, 6) is 3.56. The Morgan fingerprint density at radius 3 is 2.48 bits per heavy atom. The fourth-order valence-electron chi connectivity index (χ4n) is 4.08. The van der Waals surface area contributed by atoms with Crippen LogP contribution in [0.2, 0.25) is 0 Å². The van der Waals surface area contributed by atoms with E-state index in [9.17, 15) is 4.79 Å². The Labute approximate surface area is 200 Å². The molecular weight excluding hydrogens is 432 g/mol. The summed E-state index contributed by atoms with van der Waals surface area (Å²) in [5, 5.41) is 9.86. The summed E-state index contributed by atoms with van der Waals surface area (Å²) >= 11 is 1.66. The monoisotopic (exact) mass is 464 g/mol. The fraction of sp³-hybridized carbons (Fsp3) is 0.423. The molecule has 0 unspecified atom stereocenters. The van der Waals surface area contributed by atoms with Crippen LogP contribution in [0, 0.1) is 5.92 Å². The van der Waals surface area contributed by atoms with Crippen molar-refractivity contribution in [1.29, 1.82) is 0 Å². The number of thioether (sulfide) groups is 1. The largest absolute Gasteiger partial charge is 0.497 e. The van der Waals surface area contributed by atoms with Crippen LogP contribution in [-0.4, -0.2) is 51.5 Å². The van der Waals surface area contributed by atoms with Gasteiger partial charge in [0.2, 0.25) is 5.91 Å². The Hall–Kier alpha value is -2.80. The molecule has 4 rings (SSSR count). The van der Waals surface area contributed by atoms with E-state index in [0.717, 1.165) is 66.4 Å². The molecule has 0 N–H and O–H groups in total. The molecule has 1 saturated heterocycles. The van der Waals surface area contributed by atoms with E-state index in [0.29, 0.717) is 12.8 Å². The molecule has 1 aromatic heterocycles. The van der Waals surface area contributed by atoms with Gasteiger partial charge in [-0.15, -0.1) is 10.2 Å². The molecule has 0 aliphatic carbocycles. The number of benzene rings is 2. The van der Waals surface area contributed by atoms with Gasteiger partial charge in [-0.1, -0.05) is 49.0 Å². The zero-order valence-electron chi connectivity index (χ0n) is 19.4. The van der Waals surface area contributed by atoms with Crippen LogP contribution < -0.4 is 4.74 Å². The van der Waals surface area contributed by atoms with E-state index >= 15 is 0 Å². The zero-order valence-corrected chi connectivity index (χ0v) is 20.3. The van der Waals surface area contributed by atoms with Crippen LogP contribution >= 0.6 is 11.8 Å². The number of nitrogens with zero attached hydrogens (tertiary/aromatic N) is 4. The molecule has 0 bridgehead atoms. The summed E-state index contributed by atoms with van der Waals surface area (Å²) in [5.41, 5.74) is 2.20. The number of rotatable bonds is 9. The highest BCUT2D eigenvalue weighted by Crippen LogP contribution is 2.26. The van der Waals surface area contributed by atoms with Gasteiger partial charge in [-0.2, -0.15) is 0 Å². The van der Waals surface area contributed by atoms with Gasteiger partial charge in [0.15, 0.2) is 5.16 Å². The molecular formula is C26H32N4O2S. The number of amides is 1. The van der Waals surface area contributed by atoms with Gasteiger partial charge in [0.1, 0.15) is 11.6 Å². The van der Waals surface area contributed by atoms with Crippen LogP contribution in [0.3, 0.4) is 0 Å². The average molecular weight is 465 g/mol. The van der Waals surface area contributed by atoms with Crippen molar-refractivity contribution in [2.24, 2.45) is 5.92 Å². The lowest BCUT2D eigenvalue weighted by atomic mass is 9.99. The van der Waals surface area contributed by atoms with Crippen molar-refractivity contribution in [2.75, 3.05) is 26.0 Å². The van der Waals surface area contributed by atoms with Gasteiger partial charge in [-0.3, -0.25) is 9.36 Å². The maximum atomic E-state index is 12.5. The van der Waals surface area contributed by atoms with Crippen LogP contribution in [-0.2, 0) is 11.2 Å². The van der Waals surface area contributed by atoms with E-state index in [1.807, 2.05) is 47.4 Å². The number of methoxy groups -OCH3 is 1. The topological polar surface area (TPSA) is 60.2 Å². The molecule has 6 nitrogen and oxygen atoms in total. The molecule has 0 radical (unpaired) electrons. The second-order valence-electron chi connectivity index (χ2n) is 8.61. The summed E-state index contributed by atoms with van der Waals surface area (Å²) < 4.78 is 7.43. The normalized spacial score (nSPS) is 14.4. The number of hydrogen-bond donors (Lipinski definition) is 0. The number of piperidine rings is 1. The van der Waals surface area contributed by atoms with Gasteiger partial charge in [-0.25, -0.2) is 0 Å². The van der Waals surface area contributed by atoms with E-state index in [1.165, 1.54) is 5.56 Å². The number of aromatic nitrogens is 3. The first kappa shape index (κ1) is 23.4. The van der Waals surface area contributed by atoms with Gasteiger partial charge in [0, 0.05) is 37.4 Å². The zero-order chi connectivity index (χ0) is 23.0. The van der Waals surface area contributed by atoms with Crippen LogP contribution in [0.15, 0.2) is 59.8 Å². The minimum absolute atomic E-state index is 0.281. The molecule has 1 amide bonds. The van der Waals surface area contributed by atoms with Crippen molar-refractivity contribution in [2.45, 2.75) is 44.2 Å². The maximum Gasteiger partial charge on any atom is 0.222 e. The van der Waals surface area contributed by atoms with Crippen molar-refractivity contribution < 1.29 is 9.53 Å². The standard InChI is InChI=1S/C26H32N4O2S/c1-20-14-16-29(17-15-20)25(31)9-6-18-33-26-28-27-24(19-21-7-4-3-5-8-21)30(26)22-10-12-23(32-2)13-11-22/h3-5,7-8,10-13,20H,6,9,14-19H2,1-2H3. The first-order valence-electron chi connectivity index (χ1n) is 11.7. The summed E-state index contributed by atoms with van der Waals surface area (Å²) in [4.78, 5) is 14.6. The second kappa shape index (κ2) is 11.4. The van der Waals surface area contributed by atoms with E-state index in [1.54, 1.807) is 18.9 Å². The third kappa shape index (κ3) is 6.16. The smallest absolute Gasteiger partial charge is 0.222 e. The van der Waals surface area contributed by atoms with E-state index in [2.05, 4.69) is 33.8 Å². The number of ether oxygens (including phenoxy) is 1. The van der Waals surface area contributed by atoms with Crippen LogP contribution in [0.4, 0.5) is 0 Å². The SMILES string of the molecule is COc1ccc(-n2c(Cc3ccccc3)nnc2SCCCC(=O)N2CCC(C)CC2)cc1. The molecule has 3 aromatic rings. The van der Waals surface area contributed by atoms with Crippen molar-refractivity contribution in [3.8, 4) is 11.4 Å². The molecule has 174 valence electrons. The number of carbonyl (C=O) groups excluding carboxylic acids is 1. The summed E-state index contributed by atoms with van der Waals surface area (Å²) in [6.07, 6.45) is 4.37. The molecule has 0 atom stereocenters. The minimum atomic E-state index is 0.281. The predicted molar refractivity (Wildman–Crippen MR) is 132 cm³/mol. The summed E-state index contributed by atoms with van der Waals surface area (Å²) in [6.45, 7) is 4.08. The Morgan fingerprint density at radius 1 is 1.06 bits per heavy atom. The fourth-order valence-corrected chi connectivity index (χ4v) is 4.99. The first-order chi connectivity index (χ1) is 16.1. The van der Waals surface area contributed by atoms with Gasteiger partial charge in [0.25, 0.3) is 0 Å². The Morgan fingerprint density at radius 2 is 1.79 bits per heavy atom. The lowest BCUT2D eigenvalue weighted by Gasteiger charge is -2.30. The molecule has 33 heavy (non-hydrogen) atoms. The molecule has 0 saturated carbocycles.